The SMILES string of the molecule is [O-]C(=Nc1ccc(-c2nnc3n2CCCCC3)cc1)c1ccc(-c2nn[nH]n2)cc1. The summed E-state index contributed by atoms with van der Waals surface area (Å²) in [5.74, 6) is 2.10. The Balaban J connectivity index is 1.35. The van der Waals surface area contributed by atoms with Crippen LogP contribution in [-0.2, 0) is 13.0 Å². The Bertz CT molecular complexity index is 1160. The number of hydrogen-bond donors (Lipinski definition) is 1. The molecule has 30 heavy (non-hydrogen) atoms. The van der Waals surface area contributed by atoms with Gasteiger partial charge in [0.2, 0.25) is 5.82 Å². The van der Waals surface area contributed by atoms with Crippen LogP contribution >= 0.6 is 0 Å². The van der Waals surface area contributed by atoms with E-state index in [0.29, 0.717) is 17.1 Å². The molecule has 4 aromatic rings. The quantitative estimate of drug-likeness (QED) is 0.415. The molecule has 0 radical (unpaired) electrons. The standard InChI is InChI=1S/C21H20N8O/c30-21(16-7-5-14(6-8-16)19-24-27-28-25-19)22-17-11-9-15(10-12-17)20-26-23-18-4-2-1-3-13-29(18)20/h5-12H,1-4,13H2,(H,22,30)(H,24,25,27,28)/p-1. The second kappa shape index (κ2) is 7.86. The number of tetrazole rings is 1. The van der Waals surface area contributed by atoms with E-state index in [1.54, 1.807) is 24.3 Å². The van der Waals surface area contributed by atoms with Gasteiger partial charge in [-0.15, -0.1) is 20.4 Å². The molecule has 0 bridgehead atoms. The van der Waals surface area contributed by atoms with Crippen LogP contribution in [0.3, 0.4) is 0 Å². The molecule has 5 rings (SSSR count). The van der Waals surface area contributed by atoms with Gasteiger partial charge in [-0.05, 0) is 53.8 Å². The number of nitrogens with zero attached hydrogens (tertiary/aromatic N) is 7. The van der Waals surface area contributed by atoms with Crippen molar-refractivity contribution in [3.05, 3.63) is 59.9 Å². The summed E-state index contributed by atoms with van der Waals surface area (Å²) in [5, 5.41) is 35.0. The molecule has 2 aromatic heterocycles. The first-order valence-corrected chi connectivity index (χ1v) is 9.90. The summed E-state index contributed by atoms with van der Waals surface area (Å²) < 4.78 is 2.20. The van der Waals surface area contributed by atoms with Crippen molar-refractivity contribution in [2.75, 3.05) is 0 Å². The number of nitrogens with one attached hydrogen (secondary N) is 1. The molecule has 0 unspecified atom stereocenters. The highest BCUT2D eigenvalue weighted by atomic mass is 16.3. The molecule has 1 aliphatic heterocycles. The van der Waals surface area contributed by atoms with E-state index in [0.717, 1.165) is 48.6 Å². The maximum Gasteiger partial charge on any atom is 0.204 e. The highest BCUT2D eigenvalue weighted by molar-refractivity contribution is 5.92. The van der Waals surface area contributed by atoms with E-state index in [-0.39, 0.29) is 5.90 Å². The summed E-state index contributed by atoms with van der Waals surface area (Å²) >= 11 is 0. The van der Waals surface area contributed by atoms with Crippen LogP contribution < -0.4 is 5.11 Å². The van der Waals surface area contributed by atoms with Crippen LogP contribution in [0.25, 0.3) is 22.8 Å². The van der Waals surface area contributed by atoms with E-state index < -0.39 is 0 Å². The van der Waals surface area contributed by atoms with E-state index in [1.165, 1.54) is 6.42 Å². The van der Waals surface area contributed by atoms with Crippen molar-refractivity contribution >= 4 is 11.6 Å². The van der Waals surface area contributed by atoms with E-state index in [4.69, 9.17) is 0 Å². The first-order valence-electron chi connectivity index (χ1n) is 9.90. The largest absolute Gasteiger partial charge is 0.858 e. The summed E-state index contributed by atoms with van der Waals surface area (Å²) in [5.41, 5.74) is 2.85. The summed E-state index contributed by atoms with van der Waals surface area (Å²) in [7, 11) is 0. The number of aromatic amines is 1. The Morgan fingerprint density at radius 1 is 0.900 bits per heavy atom. The van der Waals surface area contributed by atoms with Crippen molar-refractivity contribution in [3.8, 4) is 22.8 Å². The fraction of sp³-hybridized carbons (Fsp3) is 0.238. The highest BCUT2D eigenvalue weighted by Crippen LogP contribution is 2.25. The lowest BCUT2D eigenvalue weighted by Crippen LogP contribution is -2.18. The summed E-state index contributed by atoms with van der Waals surface area (Å²) in [4.78, 5) is 4.22. The normalized spacial score (nSPS) is 14.3. The number of aryl methyl sites for hydroxylation is 1. The molecule has 0 amide bonds. The second-order valence-electron chi connectivity index (χ2n) is 7.18. The first kappa shape index (κ1) is 18.2. The van der Waals surface area contributed by atoms with Gasteiger partial charge in [-0.2, -0.15) is 5.21 Å². The van der Waals surface area contributed by atoms with Crippen molar-refractivity contribution in [2.24, 2.45) is 4.99 Å². The van der Waals surface area contributed by atoms with Gasteiger partial charge in [0.15, 0.2) is 5.82 Å². The molecule has 0 atom stereocenters. The molecule has 0 saturated heterocycles. The Morgan fingerprint density at radius 2 is 1.70 bits per heavy atom. The fourth-order valence-electron chi connectivity index (χ4n) is 3.61. The van der Waals surface area contributed by atoms with Crippen molar-refractivity contribution in [2.45, 2.75) is 32.2 Å². The molecule has 0 aliphatic carbocycles. The first-order chi connectivity index (χ1) is 14.8. The lowest BCUT2D eigenvalue weighted by atomic mass is 10.1. The van der Waals surface area contributed by atoms with Gasteiger partial charge in [-0.3, -0.25) is 4.99 Å². The molecule has 1 aliphatic rings. The van der Waals surface area contributed by atoms with Crippen LogP contribution in [-0.4, -0.2) is 41.3 Å². The van der Waals surface area contributed by atoms with Crippen molar-refractivity contribution < 1.29 is 5.11 Å². The number of hydrogen-bond acceptors (Lipinski definition) is 7. The lowest BCUT2D eigenvalue weighted by Gasteiger charge is -2.11. The molecule has 9 heteroatoms. The lowest BCUT2D eigenvalue weighted by molar-refractivity contribution is -0.212. The van der Waals surface area contributed by atoms with Crippen molar-refractivity contribution in [1.29, 1.82) is 0 Å². The number of H-pyrrole nitrogens is 1. The van der Waals surface area contributed by atoms with Crippen LogP contribution in [0.1, 0.15) is 30.7 Å². The predicted molar refractivity (Wildman–Crippen MR) is 109 cm³/mol. The Labute approximate surface area is 172 Å². The van der Waals surface area contributed by atoms with E-state index >= 15 is 0 Å². The molecular weight excluding hydrogens is 380 g/mol. The molecule has 0 saturated carbocycles. The van der Waals surface area contributed by atoms with Gasteiger partial charge in [0, 0.05) is 24.1 Å². The monoisotopic (exact) mass is 399 g/mol. The van der Waals surface area contributed by atoms with Gasteiger partial charge < -0.3 is 9.67 Å². The van der Waals surface area contributed by atoms with Crippen LogP contribution in [0.2, 0.25) is 0 Å². The van der Waals surface area contributed by atoms with Crippen molar-refractivity contribution in [1.82, 2.24) is 35.4 Å². The molecule has 150 valence electrons. The van der Waals surface area contributed by atoms with Gasteiger partial charge >= 0.3 is 0 Å². The molecule has 0 spiro atoms. The summed E-state index contributed by atoms with van der Waals surface area (Å²) in [6.45, 7) is 0.947. The highest BCUT2D eigenvalue weighted by Gasteiger charge is 2.15. The topological polar surface area (TPSA) is 121 Å². The molecule has 3 heterocycles. The Morgan fingerprint density at radius 3 is 2.47 bits per heavy atom. The van der Waals surface area contributed by atoms with Gasteiger partial charge in [0.05, 0.1) is 5.69 Å². The zero-order chi connectivity index (χ0) is 20.3. The molecule has 0 fully saturated rings. The molecule has 2 aromatic carbocycles. The molecular formula is C21H19N8O-. The number of benzene rings is 2. The third-order valence-electron chi connectivity index (χ3n) is 5.20. The summed E-state index contributed by atoms with van der Waals surface area (Å²) in [6, 6.07) is 14.5. The van der Waals surface area contributed by atoms with E-state index in [2.05, 4.69) is 40.4 Å². The number of rotatable bonds is 4. The average Bonchev–Trinajstić information content (AvgIpc) is 3.40. The Hall–Kier alpha value is -3.88. The number of aromatic nitrogens is 7. The van der Waals surface area contributed by atoms with E-state index in [9.17, 15) is 5.11 Å². The molecule has 1 N–H and O–H groups in total. The maximum absolute atomic E-state index is 12.5. The summed E-state index contributed by atoms with van der Waals surface area (Å²) in [6.07, 6.45) is 4.50. The van der Waals surface area contributed by atoms with Crippen LogP contribution in [0.4, 0.5) is 5.69 Å². The second-order valence-corrected chi connectivity index (χ2v) is 7.18. The zero-order valence-corrected chi connectivity index (χ0v) is 16.2. The van der Waals surface area contributed by atoms with Crippen LogP contribution in [0.15, 0.2) is 53.5 Å². The minimum Gasteiger partial charge on any atom is -0.858 e. The average molecular weight is 399 g/mol. The zero-order valence-electron chi connectivity index (χ0n) is 16.2. The smallest absolute Gasteiger partial charge is 0.204 e. The van der Waals surface area contributed by atoms with Crippen molar-refractivity contribution in [3.63, 3.8) is 0 Å². The Kier molecular flexibility index (Phi) is 4.76. The maximum atomic E-state index is 12.5. The predicted octanol–water partition coefficient (Wildman–Crippen LogP) is 2.29. The number of aliphatic imine (C=N–C) groups is 1. The van der Waals surface area contributed by atoms with E-state index in [1.807, 2.05) is 24.3 Å². The van der Waals surface area contributed by atoms with Crippen LogP contribution in [0, 0.1) is 0 Å². The van der Waals surface area contributed by atoms with Gasteiger partial charge in [-0.1, -0.05) is 30.7 Å². The minimum absolute atomic E-state index is 0.307. The fourth-order valence-corrected chi connectivity index (χ4v) is 3.61. The van der Waals surface area contributed by atoms with Gasteiger partial charge in [-0.25, -0.2) is 0 Å². The third kappa shape index (κ3) is 3.57. The van der Waals surface area contributed by atoms with Gasteiger partial charge in [0.25, 0.3) is 0 Å². The number of fused-ring (bicyclic) bond motifs is 1. The van der Waals surface area contributed by atoms with Gasteiger partial charge in [0.1, 0.15) is 5.82 Å². The van der Waals surface area contributed by atoms with Crippen LogP contribution in [0.5, 0.6) is 0 Å². The third-order valence-corrected chi connectivity index (χ3v) is 5.20. The molecule has 9 nitrogen and oxygen atoms in total. The minimum atomic E-state index is -0.307.